The van der Waals surface area contributed by atoms with Crippen molar-refractivity contribution in [2.24, 2.45) is 0 Å². The molecule has 0 saturated heterocycles. The first-order valence-electron chi connectivity index (χ1n) is 7.45. The molecule has 118 valence electrons. The first kappa shape index (κ1) is 16.9. The normalized spacial score (nSPS) is 16.9. The van der Waals surface area contributed by atoms with Gasteiger partial charge in [-0.2, -0.15) is 0 Å². The zero-order valence-electron chi connectivity index (χ0n) is 12.3. The van der Waals surface area contributed by atoms with Gasteiger partial charge in [0.1, 0.15) is 0 Å². The van der Waals surface area contributed by atoms with Crippen LogP contribution in [0.3, 0.4) is 0 Å². The summed E-state index contributed by atoms with van der Waals surface area (Å²) in [6.07, 6.45) is 4.14. The third kappa shape index (κ3) is 6.46. The second kappa shape index (κ2) is 7.72. The number of hydrogen-bond acceptors (Lipinski definition) is 3. The Kier molecular flexibility index (Phi) is 6.22. The van der Waals surface area contributed by atoms with E-state index < -0.39 is 10.0 Å². The molecule has 1 fully saturated rings. The van der Waals surface area contributed by atoms with E-state index in [9.17, 15) is 8.42 Å². The van der Waals surface area contributed by atoms with Gasteiger partial charge >= 0.3 is 0 Å². The zero-order valence-corrected chi connectivity index (χ0v) is 14.7. The Labute approximate surface area is 135 Å². The molecule has 0 aromatic heterocycles. The second-order valence-electron chi connectivity index (χ2n) is 5.65. The van der Waals surface area contributed by atoms with Crippen LogP contribution in [0.1, 0.15) is 44.2 Å². The highest BCUT2D eigenvalue weighted by molar-refractivity contribution is 9.10. The maximum Gasteiger partial charge on any atom is 0.212 e. The summed E-state index contributed by atoms with van der Waals surface area (Å²) in [5.41, 5.74) is 0.970. The van der Waals surface area contributed by atoms with Crippen molar-refractivity contribution in [3.05, 3.63) is 34.3 Å². The Morgan fingerprint density at radius 3 is 2.52 bits per heavy atom. The van der Waals surface area contributed by atoms with Crippen LogP contribution >= 0.6 is 15.9 Å². The molecule has 0 bridgehead atoms. The van der Waals surface area contributed by atoms with Crippen molar-refractivity contribution in [1.29, 1.82) is 0 Å². The molecular weight excluding hydrogens is 352 g/mol. The largest absolute Gasteiger partial charge is 0.314 e. The average molecular weight is 375 g/mol. The van der Waals surface area contributed by atoms with Gasteiger partial charge in [0.15, 0.2) is 0 Å². The molecule has 4 nitrogen and oxygen atoms in total. The van der Waals surface area contributed by atoms with E-state index in [-0.39, 0.29) is 11.8 Å². The molecule has 1 aliphatic rings. The molecule has 1 saturated carbocycles. The first-order valence-corrected chi connectivity index (χ1v) is 9.90. The molecule has 21 heavy (non-hydrogen) atoms. The van der Waals surface area contributed by atoms with E-state index in [2.05, 4.69) is 26.0 Å². The Morgan fingerprint density at radius 2 is 1.90 bits per heavy atom. The van der Waals surface area contributed by atoms with Crippen LogP contribution in [0.15, 0.2) is 28.7 Å². The summed E-state index contributed by atoms with van der Waals surface area (Å²) in [5, 5.41) is 3.40. The fourth-order valence-electron chi connectivity index (χ4n) is 2.16. The predicted octanol–water partition coefficient (Wildman–Crippen LogP) is 2.96. The van der Waals surface area contributed by atoms with Gasteiger partial charge in [-0.3, -0.25) is 0 Å². The van der Waals surface area contributed by atoms with Crippen molar-refractivity contribution in [2.45, 2.75) is 44.7 Å². The minimum atomic E-state index is -3.21. The van der Waals surface area contributed by atoms with Gasteiger partial charge in [0.25, 0.3) is 0 Å². The minimum absolute atomic E-state index is 0.195. The molecule has 0 aliphatic heterocycles. The fraction of sp³-hybridized carbons (Fsp3) is 0.600. The fourth-order valence-corrected chi connectivity index (χ4v) is 3.80. The molecule has 0 radical (unpaired) electrons. The van der Waals surface area contributed by atoms with Gasteiger partial charge < -0.3 is 5.32 Å². The number of hydrogen-bond donors (Lipinski definition) is 2. The molecule has 2 rings (SSSR count). The van der Waals surface area contributed by atoms with Crippen LogP contribution in [0.4, 0.5) is 0 Å². The van der Waals surface area contributed by atoms with Crippen molar-refractivity contribution in [2.75, 3.05) is 12.3 Å². The Bertz CT molecular complexity index is 541. The van der Waals surface area contributed by atoms with Crippen LogP contribution in [0.5, 0.6) is 0 Å². The van der Waals surface area contributed by atoms with Crippen LogP contribution in [0, 0.1) is 0 Å². The molecule has 0 amide bonds. The van der Waals surface area contributed by atoms with Gasteiger partial charge in [-0.15, -0.1) is 0 Å². The summed E-state index contributed by atoms with van der Waals surface area (Å²) in [6, 6.07) is 8.19. The lowest BCUT2D eigenvalue weighted by Gasteiger charge is -2.14. The lowest BCUT2D eigenvalue weighted by molar-refractivity contribution is 0.560. The predicted molar refractivity (Wildman–Crippen MR) is 89.7 cm³/mol. The van der Waals surface area contributed by atoms with E-state index in [0.29, 0.717) is 12.5 Å². The highest BCUT2D eigenvalue weighted by atomic mass is 79.9. The van der Waals surface area contributed by atoms with Crippen LogP contribution in [0.2, 0.25) is 0 Å². The van der Waals surface area contributed by atoms with Gasteiger partial charge in [0.2, 0.25) is 10.0 Å². The van der Waals surface area contributed by atoms with E-state index in [1.54, 1.807) is 0 Å². The zero-order chi connectivity index (χ0) is 15.3. The third-order valence-electron chi connectivity index (χ3n) is 3.58. The molecule has 1 aliphatic carbocycles. The van der Waals surface area contributed by atoms with Crippen LogP contribution in [-0.2, 0) is 10.0 Å². The van der Waals surface area contributed by atoms with E-state index in [1.165, 1.54) is 12.8 Å². The minimum Gasteiger partial charge on any atom is -0.314 e. The van der Waals surface area contributed by atoms with Crippen molar-refractivity contribution in [1.82, 2.24) is 10.0 Å². The summed E-state index contributed by atoms with van der Waals surface area (Å²) < 4.78 is 27.8. The summed E-state index contributed by atoms with van der Waals surface area (Å²) in [7, 11) is -3.21. The second-order valence-corrected chi connectivity index (χ2v) is 8.43. The Hall–Kier alpha value is -0.430. The summed E-state index contributed by atoms with van der Waals surface area (Å²) in [6.45, 7) is 2.79. The summed E-state index contributed by atoms with van der Waals surface area (Å²) in [4.78, 5) is 0. The van der Waals surface area contributed by atoms with Crippen LogP contribution < -0.4 is 10.0 Å². The Balaban J connectivity index is 1.72. The number of sulfonamides is 1. The maximum absolute atomic E-state index is 12.0. The number of rotatable bonds is 9. The van der Waals surface area contributed by atoms with Crippen molar-refractivity contribution in [3.8, 4) is 0 Å². The quantitative estimate of drug-likeness (QED) is 0.653. The molecule has 1 aromatic rings. The first-order chi connectivity index (χ1) is 9.96. The van der Waals surface area contributed by atoms with Gasteiger partial charge in [-0.25, -0.2) is 13.1 Å². The van der Waals surface area contributed by atoms with E-state index in [0.717, 1.165) is 23.0 Å². The van der Waals surface area contributed by atoms with Gasteiger partial charge in [-0.05, 0) is 56.8 Å². The van der Waals surface area contributed by atoms with E-state index in [4.69, 9.17) is 0 Å². The average Bonchev–Trinajstić information content (AvgIpc) is 3.22. The van der Waals surface area contributed by atoms with E-state index in [1.807, 2.05) is 31.2 Å². The summed E-state index contributed by atoms with van der Waals surface area (Å²) >= 11 is 3.37. The maximum atomic E-state index is 12.0. The molecule has 6 heteroatoms. The molecule has 2 N–H and O–H groups in total. The summed E-state index contributed by atoms with van der Waals surface area (Å²) in [5.74, 6) is 0.195. The molecule has 0 heterocycles. The highest BCUT2D eigenvalue weighted by Gasteiger charge is 2.20. The Morgan fingerprint density at radius 1 is 1.24 bits per heavy atom. The lowest BCUT2D eigenvalue weighted by Crippen LogP contribution is -2.29. The van der Waals surface area contributed by atoms with Crippen LogP contribution in [-0.4, -0.2) is 26.8 Å². The smallest absolute Gasteiger partial charge is 0.212 e. The monoisotopic (exact) mass is 374 g/mol. The molecule has 1 atom stereocenters. The van der Waals surface area contributed by atoms with Crippen molar-refractivity contribution in [3.63, 3.8) is 0 Å². The molecule has 0 spiro atoms. The van der Waals surface area contributed by atoms with Gasteiger partial charge in [-0.1, -0.05) is 28.1 Å². The van der Waals surface area contributed by atoms with Crippen molar-refractivity contribution < 1.29 is 8.42 Å². The molecular formula is C15H23BrN2O2S. The highest BCUT2D eigenvalue weighted by Crippen LogP contribution is 2.19. The lowest BCUT2D eigenvalue weighted by atomic mass is 10.1. The molecule has 1 unspecified atom stereocenters. The van der Waals surface area contributed by atoms with Crippen LogP contribution in [0.25, 0.3) is 0 Å². The number of halogens is 1. The van der Waals surface area contributed by atoms with Gasteiger partial charge in [0.05, 0.1) is 5.75 Å². The number of benzene rings is 1. The number of unbranched alkanes of at least 4 members (excludes halogenated alkanes) is 1. The van der Waals surface area contributed by atoms with Crippen molar-refractivity contribution >= 4 is 26.0 Å². The topological polar surface area (TPSA) is 58.2 Å². The van der Waals surface area contributed by atoms with E-state index >= 15 is 0 Å². The molecule has 1 aromatic carbocycles. The van der Waals surface area contributed by atoms with Gasteiger partial charge in [0, 0.05) is 16.6 Å². The standard InChI is InChI=1S/C15H23BrN2O2S/c1-12(13-4-6-14(16)7-5-13)18-21(19,20)11-3-2-10-17-15-8-9-15/h4-7,12,15,17-18H,2-3,8-11H2,1H3. The SMILES string of the molecule is CC(NS(=O)(=O)CCCCNC1CC1)c1ccc(Br)cc1. The third-order valence-corrected chi connectivity index (χ3v) is 5.64. The number of nitrogens with one attached hydrogen (secondary N) is 2.